The van der Waals surface area contributed by atoms with Crippen LogP contribution in [0, 0.1) is 6.92 Å². The fourth-order valence-electron chi connectivity index (χ4n) is 2.75. The third-order valence-electron chi connectivity index (χ3n) is 3.92. The SMILES string of the molecule is CCN1C(=O)CCCC(N)C1c1cnn(C)c1C. The maximum absolute atomic E-state index is 12.1. The average Bonchev–Trinajstić information content (AvgIpc) is 2.58. The lowest BCUT2D eigenvalue weighted by atomic mass is 9.97. The summed E-state index contributed by atoms with van der Waals surface area (Å²) in [7, 11) is 1.92. The number of aryl methyl sites for hydroxylation is 1. The lowest BCUT2D eigenvalue weighted by molar-refractivity contribution is -0.133. The number of amides is 1. The zero-order valence-electron chi connectivity index (χ0n) is 11.4. The molecule has 2 rings (SSSR count). The molecule has 0 radical (unpaired) electrons. The predicted octanol–water partition coefficient (Wildman–Crippen LogP) is 1.13. The van der Waals surface area contributed by atoms with E-state index in [0.717, 1.165) is 24.1 Å². The third-order valence-corrected chi connectivity index (χ3v) is 3.92. The molecule has 0 aliphatic carbocycles. The van der Waals surface area contributed by atoms with Crippen LogP contribution in [0.3, 0.4) is 0 Å². The quantitative estimate of drug-likeness (QED) is 0.855. The van der Waals surface area contributed by atoms with Crippen molar-refractivity contribution in [2.45, 2.75) is 45.2 Å². The Bertz CT molecular complexity index is 440. The minimum atomic E-state index is -0.0290. The normalized spacial score (nSPS) is 25.3. The summed E-state index contributed by atoms with van der Waals surface area (Å²) in [6.07, 6.45) is 4.23. The van der Waals surface area contributed by atoms with Crippen LogP contribution in [-0.2, 0) is 11.8 Å². The van der Waals surface area contributed by atoms with Crippen LogP contribution in [0.5, 0.6) is 0 Å². The molecule has 1 fully saturated rings. The van der Waals surface area contributed by atoms with E-state index in [1.54, 1.807) is 0 Å². The zero-order valence-corrected chi connectivity index (χ0v) is 11.4. The Labute approximate surface area is 108 Å². The number of likely N-dealkylation sites (tertiary alicyclic amines) is 1. The summed E-state index contributed by atoms with van der Waals surface area (Å²) < 4.78 is 1.84. The standard InChI is InChI=1S/C13H22N4O/c1-4-17-12(18)7-5-6-11(14)13(17)10-8-15-16(3)9(10)2/h8,11,13H,4-7,14H2,1-3H3. The summed E-state index contributed by atoms with van der Waals surface area (Å²) in [5, 5.41) is 4.27. The Balaban J connectivity index is 2.42. The minimum absolute atomic E-state index is 0.000648. The van der Waals surface area contributed by atoms with Gasteiger partial charge in [-0.05, 0) is 26.7 Å². The highest BCUT2D eigenvalue weighted by atomic mass is 16.2. The number of carbonyl (C=O) groups is 1. The van der Waals surface area contributed by atoms with Crippen molar-refractivity contribution in [2.24, 2.45) is 12.8 Å². The molecule has 2 atom stereocenters. The van der Waals surface area contributed by atoms with E-state index in [-0.39, 0.29) is 18.0 Å². The van der Waals surface area contributed by atoms with Crippen LogP contribution in [0.2, 0.25) is 0 Å². The maximum Gasteiger partial charge on any atom is 0.223 e. The molecule has 2 heterocycles. The van der Waals surface area contributed by atoms with Crippen molar-refractivity contribution < 1.29 is 4.79 Å². The van der Waals surface area contributed by atoms with E-state index in [2.05, 4.69) is 5.10 Å². The van der Waals surface area contributed by atoms with Gasteiger partial charge in [0.25, 0.3) is 0 Å². The Kier molecular flexibility index (Phi) is 3.71. The predicted molar refractivity (Wildman–Crippen MR) is 69.9 cm³/mol. The molecule has 1 aliphatic rings. The first kappa shape index (κ1) is 13.1. The maximum atomic E-state index is 12.1. The molecule has 2 unspecified atom stereocenters. The molecular formula is C13H22N4O. The first-order valence-electron chi connectivity index (χ1n) is 6.59. The molecule has 0 spiro atoms. The first-order valence-corrected chi connectivity index (χ1v) is 6.59. The van der Waals surface area contributed by atoms with Gasteiger partial charge in [0.15, 0.2) is 0 Å². The van der Waals surface area contributed by atoms with Gasteiger partial charge >= 0.3 is 0 Å². The van der Waals surface area contributed by atoms with Gasteiger partial charge in [-0.3, -0.25) is 9.48 Å². The van der Waals surface area contributed by atoms with Gasteiger partial charge in [0.05, 0.1) is 12.2 Å². The second-order valence-electron chi connectivity index (χ2n) is 4.99. The van der Waals surface area contributed by atoms with Gasteiger partial charge in [-0.15, -0.1) is 0 Å². The highest BCUT2D eigenvalue weighted by molar-refractivity contribution is 5.77. The molecule has 1 amide bonds. The monoisotopic (exact) mass is 250 g/mol. The fraction of sp³-hybridized carbons (Fsp3) is 0.692. The lowest BCUT2D eigenvalue weighted by Gasteiger charge is -2.32. The molecule has 5 heteroatoms. The molecule has 1 aromatic heterocycles. The zero-order chi connectivity index (χ0) is 13.3. The highest BCUT2D eigenvalue weighted by Gasteiger charge is 2.33. The summed E-state index contributed by atoms with van der Waals surface area (Å²) in [5.74, 6) is 0.207. The van der Waals surface area contributed by atoms with E-state index >= 15 is 0 Å². The molecule has 1 aliphatic heterocycles. The van der Waals surface area contributed by atoms with Crippen molar-refractivity contribution in [3.05, 3.63) is 17.5 Å². The van der Waals surface area contributed by atoms with Gasteiger partial charge < -0.3 is 10.6 Å². The van der Waals surface area contributed by atoms with E-state index in [4.69, 9.17) is 5.73 Å². The van der Waals surface area contributed by atoms with Gasteiger partial charge in [-0.2, -0.15) is 5.10 Å². The lowest BCUT2D eigenvalue weighted by Crippen LogP contribution is -2.42. The number of carbonyl (C=O) groups excluding carboxylic acids is 1. The second kappa shape index (κ2) is 5.10. The van der Waals surface area contributed by atoms with Crippen LogP contribution in [-0.4, -0.2) is 33.2 Å². The van der Waals surface area contributed by atoms with Crippen molar-refractivity contribution in [2.75, 3.05) is 6.54 Å². The topological polar surface area (TPSA) is 64.2 Å². The molecular weight excluding hydrogens is 228 g/mol. The molecule has 2 N–H and O–H groups in total. The van der Waals surface area contributed by atoms with Crippen molar-refractivity contribution in [3.8, 4) is 0 Å². The number of hydrogen-bond acceptors (Lipinski definition) is 3. The Morgan fingerprint density at radius 2 is 2.28 bits per heavy atom. The number of nitrogens with two attached hydrogens (primary N) is 1. The van der Waals surface area contributed by atoms with E-state index in [1.165, 1.54) is 0 Å². The molecule has 0 saturated carbocycles. The summed E-state index contributed by atoms with van der Waals surface area (Å²) >= 11 is 0. The number of rotatable bonds is 2. The smallest absolute Gasteiger partial charge is 0.223 e. The van der Waals surface area contributed by atoms with Crippen LogP contribution in [0.1, 0.15) is 43.5 Å². The summed E-state index contributed by atoms with van der Waals surface area (Å²) in [5.41, 5.74) is 8.46. The Hall–Kier alpha value is -1.36. The average molecular weight is 250 g/mol. The van der Waals surface area contributed by atoms with Crippen LogP contribution < -0.4 is 5.73 Å². The van der Waals surface area contributed by atoms with Gasteiger partial charge in [0.1, 0.15) is 0 Å². The van der Waals surface area contributed by atoms with E-state index in [9.17, 15) is 4.79 Å². The Morgan fingerprint density at radius 3 is 2.83 bits per heavy atom. The van der Waals surface area contributed by atoms with Crippen LogP contribution in [0.25, 0.3) is 0 Å². The molecule has 0 aromatic carbocycles. The van der Waals surface area contributed by atoms with Crippen molar-refractivity contribution >= 4 is 5.91 Å². The van der Waals surface area contributed by atoms with Crippen molar-refractivity contribution in [1.29, 1.82) is 0 Å². The number of likely N-dealkylation sites (N-methyl/N-ethyl adjacent to an activating group) is 1. The number of hydrogen-bond donors (Lipinski definition) is 1. The van der Waals surface area contributed by atoms with E-state index in [0.29, 0.717) is 13.0 Å². The van der Waals surface area contributed by atoms with E-state index in [1.807, 2.05) is 36.7 Å². The summed E-state index contributed by atoms with van der Waals surface area (Å²) in [6, 6.07) is -0.0296. The molecule has 0 bridgehead atoms. The fourth-order valence-corrected chi connectivity index (χ4v) is 2.75. The van der Waals surface area contributed by atoms with Crippen molar-refractivity contribution in [3.63, 3.8) is 0 Å². The van der Waals surface area contributed by atoms with Gasteiger partial charge in [-0.25, -0.2) is 0 Å². The van der Waals surface area contributed by atoms with Gasteiger partial charge in [-0.1, -0.05) is 0 Å². The van der Waals surface area contributed by atoms with Crippen LogP contribution >= 0.6 is 0 Å². The number of nitrogens with zero attached hydrogens (tertiary/aromatic N) is 3. The van der Waals surface area contributed by atoms with Gasteiger partial charge in [0.2, 0.25) is 5.91 Å². The molecule has 5 nitrogen and oxygen atoms in total. The third kappa shape index (κ3) is 2.14. The Morgan fingerprint density at radius 1 is 1.56 bits per heavy atom. The van der Waals surface area contributed by atoms with Gasteiger partial charge in [0, 0.05) is 37.3 Å². The first-order chi connectivity index (χ1) is 8.56. The minimum Gasteiger partial charge on any atom is -0.334 e. The molecule has 1 saturated heterocycles. The van der Waals surface area contributed by atoms with E-state index < -0.39 is 0 Å². The van der Waals surface area contributed by atoms with Crippen LogP contribution in [0.4, 0.5) is 0 Å². The molecule has 100 valence electrons. The number of aromatic nitrogens is 2. The van der Waals surface area contributed by atoms with Crippen LogP contribution in [0.15, 0.2) is 6.20 Å². The second-order valence-corrected chi connectivity index (χ2v) is 4.99. The summed E-state index contributed by atoms with van der Waals surface area (Å²) in [6.45, 7) is 4.73. The van der Waals surface area contributed by atoms with Crippen molar-refractivity contribution in [1.82, 2.24) is 14.7 Å². The molecule has 18 heavy (non-hydrogen) atoms. The summed E-state index contributed by atoms with van der Waals surface area (Å²) in [4.78, 5) is 14.0. The largest absolute Gasteiger partial charge is 0.334 e. The molecule has 1 aromatic rings. The highest BCUT2D eigenvalue weighted by Crippen LogP contribution is 2.31.